The molecule has 11 nitrogen and oxygen atoms in total. The molecule has 6 aromatic rings. The Labute approximate surface area is 226 Å². The Morgan fingerprint density at radius 3 is 2.51 bits per heavy atom. The number of nitrogens with one attached hydrogen (secondary N) is 1. The largest absolute Gasteiger partial charge is 0.345 e. The van der Waals surface area contributed by atoms with Crippen LogP contribution in [0.3, 0.4) is 0 Å². The van der Waals surface area contributed by atoms with Crippen LogP contribution in [0.15, 0.2) is 107 Å². The number of hydrogen-bond donors (Lipinski definition) is 1. The van der Waals surface area contributed by atoms with Crippen molar-refractivity contribution in [2.45, 2.75) is 16.2 Å². The van der Waals surface area contributed by atoms with Gasteiger partial charge in [0.1, 0.15) is 17.5 Å². The van der Waals surface area contributed by atoms with Gasteiger partial charge < -0.3 is 9.88 Å². The van der Waals surface area contributed by atoms with E-state index in [9.17, 15) is 10.1 Å². The molecule has 39 heavy (non-hydrogen) atoms. The number of nitro benzene ring substituents is 1. The molecule has 0 aliphatic heterocycles. The van der Waals surface area contributed by atoms with Crippen LogP contribution in [0.5, 0.6) is 0 Å². The zero-order valence-corrected chi connectivity index (χ0v) is 21.4. The molecule has 3 aromatic heterocycles. The Balaban J connectivity index is 1.39. The molecule has 0 saturated heterocycles. The summed E-state index contributed by atoms with van der Waals surface area (Å²) in [5, 5.41) is 33.3. The minimum Gasteiger partial charge on any atom is -0.345 e. The highest BCUT2D eigenvalue weighted by Crippen LogP contribution is 2.37. The van der Waals surface area contributed by atoms with Crippen molar-refractivity contribution in [3.63, 3.8) is 0 Å². The van der Waals surface area contributed by atoms with Crippen molar-refractivity contribution < 1.29 is 4.92 Å². The number of anilines is 1. The summed E-state index contributed by atoms with van der Waals surface area (Å²) in [5.41, 5.74) is 2.96. The smallest absolute Gasteiger partial charge is 0.283 e. The van der Waals surface area contributed by atoms with E-state index >= 15 is 0 Å². The van der Waals surface area contributed by atoms with Crippen LogP contribution in [0.4, 0.5) is 11.5 Å². The number of para-hydroxylation sites is 1. The summed E-state index contributed by atoms with van der Waals surface area (Å²) in [6.07, 6.45) is 1.07. The van der Waals surface area contributed by atoms with Gasteiger partial charge >= 0.3 is 0 Å². The van der Waals surface area contributed by atoms with Crippen LogP contribution in [-0.4, -0.2) is 39.7 Å². The van der Waals surface area contributed by atoms with Gasteiger partial charge in [-0.25, -0.2) is 9.67 Å². The minimum atomic E-state index is -0.607. The topological polar surface area (TPSA) is 129 Å². The molecule has 1 atom stereocenters. The summed E-state index contributed by atoms with van der Waals surface area (Å²) in [4.78, 5) is 16.7. The second-order valence-corrected chi connectivity index (χ2v) is 9.61. The first kappa shape index (κ1) is 24.2. The molecule has 0 aliphatic rings. The predicted octanol–water partition coefficient (Wildman–Crippen LogP) is 5.34. The Morgan fingerprint density at radius 1 is 0.923 bits per heavy atom. The fourth-order valence-electron chi connectivity index (χ4n) is 4.23. The number of nitrogens with zero attached hydrogens (tertiary/aromatic N) is 8. The highest BCUT2D eigenvalue weighted by atomic mass is 32.2. The summed E-state index contributed by atoms with van der Waals surface area (Å²) in [6.45, 7) is 0. The Morgan fingerprint density at radius 2 is 1.72 bits per heavy atom. The molecule has 0 spiro atoms. The summed E-state index contributed by atoms with van der Waals surface area (Å²) < 4.78 is 3.52. The minimum absolute atomic E-state index is 0.0565. The average molecular weight is 536 g/mol. The van der Waals surface area contributed by atoms with E-state index in [4.69, 9.17) is 0 Å². The third kappa shape index (κ3) is 4.80. The number of benzene rings is 3. The summed E-state index contributed by atoms with van der Waals surface area (Å²) in [5.74, 6) is 1.27. The first-order chi connectivity index (χ1) is 19.1. The molecule has 0 unspecified atom stereocenters. The van der Waals surface area contributed by atoms with E-state index in [0.717, 1.165) is 11.1 Å². The van der Waals surface area contributed by atoms with Gasteiger partial charge in [0.2, 0.25) is 0 Å². The number of nitro groups is 1. The lowest BCUT2D eigenvalue weighted by Gasteiger charge is -2.21. The molecule has 0 saturated carbocycles. The molecule has 192 valence electrons. The summed E-state index contributed by atoms with van der Waals surface area (Å²) in [7, 11) is 1.84. The first-order valence-electron chi connectivity index (χ1n) is 12.0. The van der Waals surface area contributed by atoms with Gasteiger partial charge in [-0.1, -0.05) is 59.8 Å². The molecule has 0 radical (unpaired) electrons. The van der Waals surface area contributed by atoms with E-state index in [2.05, 4.69) is 30.8 Å². The maximum Gasteiger partial charge on any atom is 0.283 e. The quantitative estimate of drug-likeness (QED) is 0.203. The van der Waals surface area contributed by atoms with Gasteiger partial charge in [-0.3, -0.25) is 10.1 Å². The van der Waals surface area contributed by atoms with Crippen molar-refractivity contribution in [3.05, 3.63) is 113 Å². The maximum absolute atomic E-state index is 12.2. The Hall–Kier alpha value is -5.10. The number of hydrogen-bond acceptors (Lipinski definition) is 9. The molecule has 3 heterocycles. The average Bonchev–Trinajstić information content (AvgIpc) is 3.56. The molecule has 3 aromatic carbocycles. The van der Waals surface area contributed by atoms with Crippen molar-refractivity contribution in [2.24, 2.45) is 7.05 Å². The SMILES string of the molecule is Cn1c(Sc2ccc([C@H](Nc3ccccn3)n3nnc4ccccc43)cc2[N+](=O)[O-])nnc1-c1ccccc1. The third-order valence-electron chi connectivity index (χ3n) is 6.13. The zero-order valence-electron chi connectivity index (χ0n) is 20.6. The fraction of sp³-hybridized carbons (Fsp3) is 0.0741. The Kier molecular flexibility index (Phi) is 6.43. The van der Waals surface area contributed by atoms with Crippen molar-refractivity contribution in [2.75, 3.05) is 5.32 Å². The zero-order chi connectivity index (χ0) is 26.8. The normalized spacial score (nSPS) is 11.9. The number of pyridine rings is 1. The van der Waals surface area contributed by atoms with E-state index < -0.39 is 11.1 Å². The standard InChI is InChI=1S/C27H21N9O2S/c1-34-26(18-9-3-2-4-10-18)31-32-27(34)39-23-15-14-19(17-22(23)36(37)38)25(29-24-13-7-8-16-28-24)35-21-12-6-5-11-20(21)30-33-35/h2-17,25H,1H3,(H,28,29)/t25-/m1/s1. The van der Waals surface area contributed by atoms with Crippen molar-refractivity contribution in [1.29, 1.82) is 0 Å². The number of fused-ring (bicyclic) bond motifs is 1. The van der Waals surface area contributed by atoms with E-state index in [-0.39, 0.29) is 5.69 Å². The Bertz CT molecular complexity index is 1770. The van der Waals surface area contributed by atoms with Gasteiger partial charge in [-0.2, -0.15) is 0 Å². The lowest BCUT2D eigenvalue weighted by atomic mass is 10.1. The fourth-order valence-corrected chi connectivity index (χ4v) is 5.10. The van der Waals surface area contributed by atoms with Gasteiger partial charge in [0.05, 0.1) is 15.3 Å². The molecule has 6 rings (SSSR count). The number of aromatic nitrogens is 7. The molecule has 0 aliphatic carbocycles. The molecular weight excluding hydrogens is 514 g/mol. The van der Waals surface area contributed by atoms with E-state index in [1.807, 2.05) is 90.5 Å². The van der Waals surface area contributed by atoms with Crippen LogP contribution in [0, 0.1) is 10.1 Å². The monoisotopic (exact) mass is 535 g/mol. The van der Waals surface area contributed by atoms with Gasteiger partial charge in [0.15, 0.2) is 11.0 Å². The van der Waals surface area contributed by atoms with Crippen molar-refractivity contribution >= 4 is 34.3 Å². The lowest BCUT2D eigenvalue weighted by molar-refractivity contribution is -0.387. The van der Waals surface area contributed by atoms with Crippen LogP contribution in [0.25, 0.3) is 22.4 Å². The van der Waals surface area contributed by atoms with Gasteiger partial charge in [0.25, 0.3) is 5.69 Å². The lowest BCUT2D eigenvalue weighted by Crippen LogP contribution is -2.21. The van der Waals surface area contributed by atoms with Crippen LogP contribution in [0.2, 0.25) is 0 Å². The van der Waals surface area contributed by atoms with Crippen molar-refractivity contribution in [1.82, 2.24) is 34.7 Å². The van der Waals surface area contributed by atoms with Gasteiger partial charge in [-0.15, -0.1) is 15.3 Å². The molecule has 0 bridgehead atoms. The molecule has 1 N–H and O–H groups in total. The van der Waals surface area contributed by atoms with Crippen LogP contribution in [0.1, 0.15) is 11.7 Å². The summed E-state index contributed by atoms with van der Waals surface area (Å²) in [6, 6.07) is 27.8. The second-order valence-electron chi connectivity index (χ2n) is 8.60. The molecule has 0 amide bonds. The van der Waals surface area contributed by atoms with Crippen LogP contribution >= 0.6 is 11.8 Å². The van der Waals surface area contributed by atoms with Gasteiger partial charge in [0, 0.05) is 30.4 Å². The summed E-state index contributed by atoms with van der Waals surface area (Å²) >= 11 is 1.19. The van der Waals surface area contributed by atoms with E-state index in [1.54, 1.807) is 23.0 Å². The van der Waals surface area contributed by atoms with E-state index in [0.29, 0.717) is 32.8 Å². The van der Waals surface area contributed by atoms with Gasteiger partial charge in [-0.05, 0) is 42.1 Å². The van der Waals surface area contributed by atoms with Crippen LogP contribution in [-0.2, 0) is 7.05 Å². The second kappa shape index (κ2) is 10.3. The highest BCUT2D eigenvalue weighted by molar-refractivity contribution is 7.99. The molecule has 0 fully saturated rings. The van der Waals surface area contributed by atoms with Crippen LogP contribution < -0.4 is 5.32 Å². The van der Waals surface area contributed by atoms with Crippen molar-refractivity contribution in [3.8, 4) is 11.4 Å². The predicted molar refractivity (Wildman–Crippen MR) is 147 cm³/mol. The molecule has 12 heteroatoms. The molecular formula is C27H21N9O2S. The third-order valence-corrected chi connectivity index (χ3v) is 7.24. The van der Waals surface area contributed by atoms with E-state index in [1.165, 1.54) is 11.8 Å². The maximum atomic E-state index is 12.2. The first-order valence-corrected chi connectivity index (χ1v) is 12.8. The highest BCUT2D eigenvalue weighted by Gasteiger charge is 2.25. The number of rotatable bonds is 8.